The predicted octanol–water partition coefficient (Wildman–Crippen LogP) is 4.31. The minimum atomic E-state index is 0.514. The van der Waals surface area contributed by atoms with E-state index in [1.165, 1.54) is 11.1 Å². The first-order valence-electron chi connectivity index (χ1n) is 6.75. The fraction of sp³-hybridized carbons (Fsp3) is 0.294. The van der Waals surface area contributed by atoms with Gasteiger partial charge in [-0.2, -0.15) is 0 Å². The summed E-state index contributed by atoms with van der Waals surface area (Å²) < 4.78 is 11.3. The Morgan fingerprint density at radius 3 is 2.80 bits per heavy atom. The maximum atomic E-state index is 6.02. The van der Waals surface area contributed by atoms with Crippen LogP contribution in [-0.2, 0) is 11.8 Å². The molecule has 2 nitrogen and oxygen atoms in total. The lowest BCUT2D eigenvalue weighted by molar-refractivity contribution is 0.272. The molecule has 20 heavy (non-hydrogen) atoms. The number of hydrogen-bond acceptors (Lipinski definition) is 2. The molecule has 3 heteroatoms. The average Bonchev–Trinajstić information content (AvgIpc) is 2.48. The van der Waals surface area contributed by atoms with E-state index in [0.29, 0.717) is 5.92 Å². The Hall–Kier alpha value is -1.48. The van der Waals surface area contributed by atoms with E-state index in [0.717, 1.165) is 35.4 Å². The highest BCUT2D eigenvalue weighted by Gasteiger charge is 2.26. The topological polar surface area (TPSA) is 18.5 Å². The molecule has 0 amide bonds. The van der Waals surface area contributed by atoms with Crippen molar-refractivity contribution in [3.8, 4) is 11.5 Å². The van der Waals surface area contributed by atoms with Crippen LogP contribution < -0.4 is 9.47 Å². The molecule has 2 aromatic carbocycles. The molecule has 1 aliphatic carbocycles. The molecule has 0 N–H and O–H groups in total. The molecule has 104 valence electrons. The summed E-state index contributed by atoms with van der Waals surface area (Å²) in [4.78, 5) is 0. The Morgan fingerprint density at radius 1 is 1.20 bits per heavy atom. The zero-order chi connectivity index (χ0) is 13.9. The number of fused-ring (bicyclic) bond motifs is 1. The van der Waals surface area contributed by atoms with Crippen molar-refractivity contribution >= 4 is 15.9 Å². The SMILES string of the molecule is COc1ccc(CBr)c(OCC2Cc3ccccc32)c1. The molecule has 1 atom stereocenters. The van der Waals surface area contributed by atoms with Crippen molar-refractivity contribution in [3.63, 3.8) is 0 Å². The van der Waals surface area contributed by atoms with Crippen LogP contribution >= 0.6 is 15.9 Å². The maximum Gasteiger partial charge on any atom is 0.127 e. The lowest BCUT2D eigenvalue weighted by Gasteiger charge is -2.30. The normalized spacial score (nSPS) is 16.2. The van der Waals surface area contributed by atoms with Crippen LogP contribution in [0.3, 0.4) is 0 Å². The number of benzene rings is 2. The summed E-state index contributed by atoms with van der Waals surface area (Å²) in [7, 11) is 1.68. The second kappa shape index (κ2) is 5.88. The summed E-state index contributed by atoms with van der Waals surface area (Å²) in [6.45, 7) is 0.726. The zero-order valence-electron chi connectivity index (χ0n) is 11.4. The molecule has 1 aliphatic rings. The molecule has 0 fully saturated rings. The lowest BCUT2D eigenvalue weighted by Crippen LogP contribution is -2.23. The van der Waals surface area contributed by atoms with E-state index < -0.39 is 0 Å². The van der Waals surface area contributed by atoms with Crippen molar-refractivity contribution in [2.75, 3.05) is 13.7 Å². The first-order chi connectivity index (χ1) is 9.81. The van der Waals surface area contributed by atoms with Crippen molar-refractivity contribution in [1.29, 1.82) is 0 Å². The Morgan fingerprint density at radius 2 is 2.05 bits per heavy atom. The van der Waals surface area contributed by atoms with Gasteiger partial charge in [0.05, 0.1) is 13.7 Å². The Balaban J connectivity index is 1.70. The Bertz CT molecular complexity index is 610. The van der Waals surface area contributed by atoms with Crippen LogP contribution in [0.15, 0.2) is 42.5 Å². The summed E-state index contributed by atoms with van der Waals surface area (Å²) in [5, 5.41) is 0.785. The van der Waals surface area contributed by atoms with Crippen LogP contribution in [0.25, 0.3) is 0 Å². The zero-order valence-corrected chi connectivity index (χ0v) is 13.0. The van der Waals surface area contributed by atoms with Crippen LogP contribution in [0.2, 0.25) is 0 Å². The van der Waals surface area contributed by atoms with E-state index >= 15 is 0 Å². The number of halogens is 1. The molecule has 1 unspecified atom stereocenters. The summed E-state index contributed by atoms with van der Waals surface area (Å²) in [5.41, 5.74) is 4.03. The largest absolute Gasteiger partial charge is 0.497 e. The summed E-state index contributed by atoms with van der Waals surface area (Å²) in [6.07, 6.45) is 1.11. The average molecular weight is 333 g/mol. The van der Waals surface area contributed by atoms with Gasteiger partial charge in [-0.25, -0.2) is 0 Å². The van der Waals surface area contributed by atoms with Gasteiger partial charge in [0.25, 0.3) is 0 Å². The lowest BCUT2D eigenvalue weighted by atomic mass is 9.78. The molecule has 0 radical (unpaired) electrons. The van der Waals surface area contributed by atoms with Gasteiger partial charge in [-0.1, -0.05) is 46.3 Å². The minimum Gasteiger partial charge on any atom is -0.497 e. The molecular weight excluding hydrogens is 316 g/mol. The van der Waals surface area contributed by atoms with Gasteiger partial charge in [0, 0.05) is 22.9 Å². The maximum absolute atomic E-state index is 6.02. The third-order valence-electron chi connectivity index (χ3n) is 3.82. The monoisotopic (exact) mass is 332 g/mol. The minimum absolute atomic E-state index is 0.514. The molecule has 0 bridgehead atoms. The van der Waals surface area contributed by atoms with Gasteiger partial charge in [-0.3, -0.25) is 0 Å². The smallest absolute Gasteiger partial charge is 0.127 e. The molecule has 0 saturated carbocycles. The number of ether oxygens (including phenoxy) is 2. The van der Waals surface area contributed by atoms with Crippen LogP contribution in [-0.4, -0.2) is 13.7 Å². The van der Waals surface area contributed by atoms with E-state index in [1.54, 1.807) is 7.11 Å². The van der Waals surface area contributed by atoms with Gasteiger partial charge in [0.2, 0.25) is 0 Å². The first-order valence-corrected chi connectivity index (χ1v) is 7.87. The van der Waals surface area contributed by atoms with Gasteiger partial charge in [-0.05, 0) is 23.6 Å². The molecule has 2 aromatic rings. The van der Waals surface area contributed by atoms with Crippen molar-refractivity contribution in [2.45, 2.75) is 17.7 Å². The van der Waals surface area contributed by atoms with Crippen LogP contribution in [0.5, 0.6) is 11.5 Å². The van der Waals surface area contributed by atoms with E-state index in [4.69, 9.17) is 9.47 Å². The van der Waals surface area contributed by atoms with Gasteiger partial charge in [-0.15, -0.1) is 0 Å². The third kappa shape index (κ3) is 2.55. The quantitative estimate of drug-likeness (QED) is 0.759. The summed E-state index contributed by atoms with van der Waals surface area (Å²) in [5.74, 6) is 2.25. The van der Waals surface area contributed by atoms with Crippen molar-refractivity contribution in [1.82, 2.24) is 0 Å². The number of hydrogen-bond donors (Lipinski definition) is 0. The third-order valence-corrected chi connectivity index (χ3v) is 4.42. The fourth-order valence-corrected chi connectivity index (χ4v) is 3.07. The molecule has 0 spiro atoms. The van der Waals surface area contributed by atoms with Gasteiger partial charge in [0.1, 0.15) is 11.5 Å². The second-order valence-electron chi connectivity index (χ2n) is 5.02. The van der Waals surface area contributed by atoms with Gasteiger partial charge >= 0.3 is 0 Å². The van der Waals surface area contributed by atoms with E-state index in [9.17, 15) is 0 Å². The van der Waals surface area contributed by atoms with Crippen molar-refractivity contribution in [2.24, 2.45) is 0 Å². The van der Waals surface area contributed by atoms with Crippen molar-refractivity contribution < 1.29 is 9.47 Å². The molecule has 0 heterocycles. The van der Waals surface area contributed by atoms with E-state index in [2.05, 4.69) is 40.2 Å². The number of methoxy groups -OCH3 is 1. The Kier molecular flexibility index (Phi) is 3.97. The Labute approximate surface area is 127 Å². The highest BCUT2D eigenvalue weighted by atomic mass is 79.9. The highest BCUT2D eigenvalue weighted by molar-refractivity contribution is 9.08. The molecular formula is C17H17BrO2. The van der Waals surface area contributed by atoms with E-state index in [1.807, 2.05) is 18.2 Å². The summed E-state index contributed by atoms with van der Waals surface area (Å²) >= 11 is 3.50. The van der Waals surface area contributed by atoms with Gasteiger partial charge in [0.15, 0.2) is 0 Å². The van der Waals surface area contributed by atoms with Crippen molar-refractivity contribution in [3.05, 3.63) is 59.2 Å². The molecule has 0 saturated heterocycles. The second-order valence-corrected chi connectivity index (χ2v) is 5.58. The predicted molar refractivity (Wildman–Crippen MR) is 84.0 cm³/mol. The number of rotatable bonds is 5. The van der Waals surface area contributed by atoms with Crippen LogP contribution in [0, 0.1) is 0 Å². The number of alkyl halides is 1. The summed E-state index contributed by atoms with van der Waals surface area (Å²) in [6, 6.07) is 14.5. The fourth-order valence-electron chi connectivity index (χ4n) is 2.61. The molecule has 0 aromatic heterocycles. The molecule has 3 rings (SSSR count). The highest BCUT2D eigenvalue weighted by Crippen LogP contribution is 2.36. The standard InChI is InChI=1S/C17H17BrO2/c1-19-15-7-6-13(10-18)17(9-15)20-11-14-8-12-4-2-3-5-16(12)14/h2-7,9,14H,8,10-11H2,1H3. The van der Waals surface area contributed by atoms with Crippen LogP contribution in [0.4, 0.5) is 0 Å². The van der Waals surface area contributed by atoms with E-state index in [-0.39, 0.29) is 0 Å². The van der Waals surface area contributed by atoms with Gasteiger partial charge < -0.3 is 9.47 Å². The molecule has 0 aliphatic heterocycles. The van der Waals surface area contributed by atoms with Crippen LogP contribution in [0.1, 0.15) is 22.6 Å². The first kappa shape index (κ1) is 13.5.